The average Bonchev–Trinajstić information content (AvgIpc) is 2.48. The Morgan fingerprint density at radius 1 is 1.24 bits per heavy atom. The number of carbonyl (C=O) groups excluding carboxylic acids is 1. The number of hydrogen-bond acceptors (Lipinski definition) is 3. The van der Waals surface area contributed by atoms with Crippen molar-refractivity contribution in [2.24, 2.45) is 0 Å². The van der Waals surface area contributed by atoms with Crippen LogP contribution in [0.4, 0.5) is 0 Å². The van der Waals surface area contributed by atoms with Crippen molar-refractivity contribution in [3.63, 3.8) is 0 Å². The van der Waals surface area contributed by atoms with Crippen molar-refractivity contribution in [1.29, 1.82) is 0 Å². The zero-order valence-corrected chi connectivity index (χ0v) is 12.6. The zero-order valence-electron chi connectivity index (χ0n) is 12.6. The molecule has 0 radical (unpaired) electrons. The smallest absolute Gasteiger partial charge is 0.246 e. The Kier molecular flexibility index (Phi) is 5.37. The molecule has 0 spiro atoms. The van der Waals surface area contributed by atoms with Crippen LogP contribution in [0.1, 0.15) is 62.5 Å². The van der Waals surface area contributed by atoms with Gasteiger partial charge in [-0.15, -0.1) is 0 Å². The van der Waals surface area contributed by atoms with Crippen molar-refractivity contribution >= 4 is 5.91 Å². The van der Waals surface area contributed by atoms with Crippen LogP contribution in [0.2, 0.25) is 0 Å². The molecule has 1 aromatic carbocycles. The summed E-state index contributed by atoms with van der Waals surface area (Å²) >= 11 is 0. The minimum absolute atomic E-state index is 0.0585. The molecule has 0 aromatic heterocycles. The maximum Gasteiger partial charge on any atom is 0.246 e. The van der Waals surface area contributed by atoms with Crippen molar-refractivity contribution in [3.8, 4) is 0 Å². The van der Waals surface area contributed by atoms with E-state index in [1.165, 1.54) is 37.7 Å². The number of hydrogen-bond donors (Lipinski definition) is 3. The van der Waals surface area contributed by atoms with Gasteiger partial charge in [-0.25, -0.2) is 0 Å². The van der Waals surface area contributed by atoms with Gasteiger partial charge in [-0.05, 0) is 29.9 Å². The van der Waals surface area contributed by atoms with Gasteiger partial charge in [0.1, 0.15) is 0 Å². The topological polar surface area (TPSA) is 69.6 Å². The molecule has 0 heterocycles. The van der Waals surface area contributed by atoms with E-state index in [2.05, 4.69) is 11.4 Å². The molecule has 116 valence electrons. The van der Waals surface area contributed by atoms with Crippen molar-refractivity contribution in [3.05, 3.63) is 35.4 Å². The maximum atomic E-state index is 12.0. The molecule has 2 rings (SSSR count). The van der Waals surface area contributed by atoms with Crippen LogP contribution in [-0.4, -0.2) is 22.0 Å². The van der Waals surface area contributed by atoms with Gasteiger partial charge in [-0.2, -0.15) is 0 Å². The van der Waals surface area contributed by atoms with Crippen molar-refractivity contribution < 1.29 is 15.0 Å². The first-order valence-corrected chi connectivity index (χ1v) is 7.85. The summed E-state index contributed by atoms with van der Waals surface area (Å²) < 4.78 is 0. The van der Waals surface area contributed by atoms with E-state index in [-0.39, 0.29) is 18.7 Å². The van der Waals surface area contributed by atoms with E-state index in [1.54, 1.807) is 6.92 Å². The number of benzene rings is 1. The Morgan fingerprint density at radius 2 is 1.90 bits per heavy atom. The molecule has 0 unspecified atom stereocenters. The summed E-state index contributed by atoms with van der Waals surface area (Å²) in [6.45, 7) is 1.61. The predicted molar refractivity (Wildman–Crippen MR) is 81.6 cm³/mol. The quantitative estimate of drug-likeness (QED) is 0.730. The van der Waals surface area contributed by atoms with E-state index >= 15 is 0 Å². The second-order valence-electron chi connectivity index (χ2n) is 5.93. The number of nitrogens with one attached hydrogen (secondary N) is 1. The van der Waals surface area contributed by atoms with E-state index < -0.39 is 5.91 Å². The first-order valence-electron chi connectivity index (χ1n) is 7.85. The average molecular weight is 291 g/mol. The predicted octanol–water partition coefficient (Wildman–Crippen LogP) is 2.44. The highest BCUT2D eigenvalue weighted by Gasteiger charge is 2.24. The van der Waals surface area contributed by atoms with Crippen LogP contribution in [0.25, 0.3) is 0 Å². The van der Waals surface area contributed by atoms with Crippen LogP contribution in [0.15, 0.2) is 24.3 Å². The summed E-state index contributed by atoms with van der Waals surface area (Å²) in [5.41, 5.74) is 2.24. The Morgan fingerprint density at radius 3 is 2.57 bits per heavy atom. The molecule has 0 aliphatic heterocycles. The van der Waals surface area contributed by atoms with Gasteiger partial charge in [0.2, 0.25) is 11.8 Å². The van der Waals surface area contributed by atoms with Gasteiger partial charge in [0, 0.05) is 6.42 Å². The molecule has 4 nitrogen and oxygen atoms in total. The van der Waals surface area contributed by atoms with Crippen molar-refractivity contribution in [2.45, 2.75) is 63.7 Å². The fourth-order valence-electron chi connectivity index (χ4n) is 3.04. The molecule has 0 bridgehead atoms. The van der Waals surface area contributed by atoms with E-state index in [9.17, 15) is 15.0 Å². The van der Waals surface area contributed by atoms with Gasteiger partial charge in [-0.3, -0.25) is 4.79 Å². The fourth-order valence-corrected chi connectivity index (χ4v) is 3.04. The molecule has 21 heavy (non-hydrogen) atoms. The molecular formula is C17H25NO3. The van der Waals surface area contributed by atoms with Gasteiger partial charge in [0.15, 0.2) is 0 Å². The minimum Gasteiger partial charge on any atom is -0.349 e. The molecule has 0 saturated heterocycles. The number of amides is 1. The first-order chi connectivity index (χ1) is 10.0. The van der Waals surface area contributed by atoms with Crippen molar-refractivity contribution in [1.82, 2.24) is 5.32 Å². The molecule has 1 fully saturated rings. The second kappa shape index (κ2) is 7.05. The molecule has 0 atom stereocenters. The van der Waals surface area contributed by atoms with E-state index in [0.717, 1.165) is 5.56 Å². The van der Waals surface area contributed by atoms with E-state index in [4.69, 9.17) is 0 Å². The number of rotatable bonds is 5. The lowest BCUT2D eigenvalue weighted by Crippen LogP contribution is -2.48. The summed E-state index contributed by atoms with van der Waals surface area (Å²) in [5.74, 6) is -1.94. The molecule has 1 amide bonds. The van der Waals surface area contributed by atoms with Gasteiger partial charge >= 0.3 is 0 Å². The highest BCUT2D eigenvalue weighted by Crippen LogP contribution is 2.34. The van der Waals surface area contributed by atoms with Crippen LogP contribution < -0.4 is 5.32 Å². The molecular weight excluding hydrogens is 266 g/mol. The molecule has 1 aliphatic carbocycles. The standard InChI is InChI=1S/C17H25NO3/c1-2-17(20,21)18-16(19)12-14-10-6-7-11-15(14)13-8-4-3-5-9-13/h6-7,10-11,13,20-21H,2-5,8-9,12H2,1H3,(H,18,19). The van der Waals surface area contributed by atoms with Gasteiger partial charge in [0.05, 0.1) is 6.42 Å². The molecule has 1 aromatic rings. The SMILES string of the molecule is CCC(O)(O)NC(=O)Cc1ccccc1C1CCCCC1. The van der Waals surface area contributed by atoms with Crippen LogP contribution in [0.5, 0.6) is 0 Å². The third-order valence-corrected chi connectivity index (χ3v) is 4.28. The molecule has 4 heteroatoms. The number of carbonyl (C=O) groups is 1. The molecule has 1 saturated carbocycles. The summed E-state index contributed by atoms with van der Waals surface area (Å²) in [6.07, 6.45) is 6.40. The Hall–Kier alpha value is -1.39. The first kappa shape index (κ1) is 16.0. The second-order valence-corrected chi connectivity index (χ2v) is 5.93. The Bertz CT molecular complexity index is 479. The third kappa shape index (κ3) is 4.55. The van der Waals surface area contributed by atoms with Crippen LogP contribution >= 0.6 is 0 Å². The highest BCUT2D eigenvalue weighted by atomic mass is 16.5. The van der Waals surface area contributed by atoms with E-state index in [0.29, 0.717) is 5.92 Å². The van der Waals surface area contributed by atoms with Gasteiger partial charge in [0.25, 0.3) is 0 Å². The van der Waals surface area contributed by atoms with Crippen LogP contribution in [0.3, 0.4) is 0 Å². The van der Waals surface area contributed by atoms with Crippen molar-refractivity contribution in [2.75, 3.05) is 0 Å². The normalized spacial score (nSPS) is 16.7. The minimum atomic E-state index is -2.11. The lowest BCUT2D eigenvalue weighted by molar-refractivity contribution is -0.190. The summed E-state index contributed by atoms with van der Waals surface area (Å²) in [4.78, 5) is 12.0. The van der Waals surface area contributed by atoms with Gasteiger partial charge in [-0.1, -0.05) is 50.5 Å². The van der Waals surface area contributed by atoms with E-state index in [1.807, 2.05) is 18.2 Å². The lowest BCUT2D eigenvalue weighted by Gasteiger charge is -2.25. The lowest BCUT2D eigenvalue weighted by atomic mass is 9.81. The zero-order chi connectivity index (χ0) is 15.3. The fraction of sp³-hybridized carbons (Fsp3) is 0.588. The summed E-state index contributed by atoms with van der Waals surface area (Å²) in [6, 6.07) is 8.01. The number of aliphatic hydroxyl groups is 2. The Balaban J connectivity index is 2.07. The van der Waals surface area contributed by atoms with Crippen LogP contribution in [-0.2, 0) is 11.2 Å². The summed E-state index contributed by atoms with van der Waals surface area (Å²) in [7, 11) is 0. The highest BCUT2D eigenvalue weighted by molar-refractivity contribution is 5.79. The summed E-state index contributed by atoms with van der Waals surface area (Å²) in [5, 5.41) is 21.3. The largest absolute Gasteiger partial charge is 0.349 e. The maximum absolute atomic E-state index is 12.0. The Labute approximate surface area is 126 Å². The third-order valence-electron chi connectivity index (χ3n) is 4.28. The van der Waals surface area contributed by atoms with Crippen LogP contribution in [0, 0.1) is 0 Å². The monoisotopic (exact) mass is 291 g/mol. The molecule has 3 N–H and O–H groups in total. The van der Waals surface area contributed by atoms with Gasteiger partial charge < -0.3 is 15.5 Å². The molecule has 1 aliphatic rings.